The molecule has 132 valence electrons. The fraction of sp³-hybridized carbons (Fsp3) is 0.733. The van der Waals surface area contributed by atoms with Crippen LogP contribution in [0.4, 0.5) is 0 Å². The number of aromatic nitrogens is 2. The Balaban J connectivity index is 1.48. The Bertz CT molecular complexity index is 588. The predicted molar refractivity (Wildman–Crippen MR) is 86.4 cm³/mol. The van der Waals surface area contributed by atoms with Gasteiger partial charge in [0.1, 0.15) is 6.10 Å². The van der Waals surface area contributed by atoms with E-state index in [0.29, 0.717) is 38.0 Å². The maximum Gasteiger partial charge on any atom is 0.251 e. The molecule has 1 N–H and O–H groups in total. The van der Waals surface area contributed by atoms with Gasteiger partial charge in [-0.1, -0.05) is 5.16 Å². The average molecular weight is 336 g/mol. The van der Waals surface area contributed by atoms with Crippen LogP contribution in [0.1, 0.15) is 24.6 Å². The zero-order valence-electron chi connectivity index (χ0n) is 14.2. The third-order valence-corrected chi connectivity index (χ3v) is 4.28. The highest BCUT2D eigenvalue weighted by molar-refractivity contribution is 5.82. The van der Waals surface area contributed by atoms with Crippen molar-refractivity contribution < 1.29 is 14.1 Å². The molecule has 24 heavy (non-hydrogen) atoms. The summed E-state index contributed by atoms with van der Waals surface area (Å²) in [7, 11) is 1.74. The van der Waals surface area contributed by atoms with Crippen molar-refractivity contribution in [3.05, 3.63) is 11.7 Å². The molecule has 1 atom stereocenters. The molecule has 2 fully saturated rings. The number of nitrogens with zero attached hydrogens (tertiary/aromatic N) is 5. The van der Waals surface area contributed by atoms with Crippen LogP contribution < -0.4 is 5.32 Å². The van der Waals surface area contributed by atoms with Crippen LogP contribution in [-0.2, 0) is 16.1 Å². The summed E-state index contributed by atoms with van der Waals surface area (Å²) in [6, 6.07) is 0. The van der Waals surface area contributed by atoms with E-state index in [1.807, 2.05) is 4.90 Å². The largest absolute Gasteiger partial charge is 0.368 e. The second-order valence-corrected chi connectivity index (χ2v) is 5.95. The number of piperazine rings is 1. The zero-order chi connectivity index (χ0) is 16.9. The molecular weight excluding hydrogens is 312 g/mol. The molecule has 0 spiro atoms. The second-order valence-electron chi connectivity index (χ2n) is 5.95. The molecule has 0 bridgehead atoms. The molecular formula is C15H24N6O3. The highest BCUT2D eigenvalue weighted by atomic mass is 16.5. The highest BCUT2D eigenvalue weighted by Gasteiger charge is 2.30. The summed E-state index contributed by atoms with van der Waals surface area (Å²) >= 11 is 0. The maximum atomic E-state index is 12.4. The summed E-state index contributed by atoms with van der Waals surface area (Å²) in [4.78, 5) is 24.8. The Kier molecular flexibility index (Phi) is 5.29. The number of aryl methyl sites for hydroxylation is 1. The summed E-state index contributed by atoms with van der Waals surface area (Å²) in [6.45, 7) is 5.75. The molecule has 0 aromatic carbocycles. The number of rotatable bonds is 3. The molecule has 3 heterocycles. The van der Waals surface area contributed by atoms with Gasteiger partial charge in [-0.3, -0.25) is 9.79 Å². The lowest BCUT2D eigenvalue weighted by Gasteiger charge is -2.37. The number of carbonyl (C=O) groups is 1. The molecule has 1 amide bonds. The predicted octanol–water partition coefficient (Wildman–Crippen LogP) is -0.223. The molecule has 1 aromatic heterocycles. The summed E-state index contributed by atoms with van der Waals surface area (Å²) < 4.78 is 10.6. The molecule has 9 heteroatoms. The van der Waals surface area contributed by atoms with Gasteiger partial charge in [0.2, 0.25) is 5.89 Å². The van der Waals surface area contributed by atoms with E-state index in [4.69, 9.17) is 9.26 Å². The van der Waals surface area contributed by atoms with Crippen molar-refractivity contribution in [1.82, 2.24) is 25.3 Å². The third kappa shape index (κ3) is 3.84. The first-order chi connectivity index (χ1) is 11.7. The lowest BCUT2D eigenvalue weighted by Crippen LogP contribution is -2.55. The number of amides is 1. The molecule has 3 rings (SSSR count). The van der Waals surface area contributed by atoms with Gasteiger partial charge >= 0.3 is 0 Å². The topological polar surface area (TPSA) is 96.1 Å². The van der Waals surface area contributed by atoms with Gasteiger partial charge in [-0.15, -0.1) is 0 Å². The minimum absolute atomic E-state index is 0.122. The van der Waals surface area contributed by atoms with Gasteiger partial charge in [-0.2, -0.15) is 4.98 Å². The van der Waals surface area contributed by atoms with Crippen LogP contribution in [0.15, 0.2) is 9.52 Å². The van der Waals surface area contributed by atoms with Crippen LogP contribution in [0.2, 0.25) is 0 Å². The molecule has 2 aliphatic heterocycles. The third-order valence-electron chi connectivity index (χ3n) is 4.28. The Morgan fingerprint density at radius 3 is 2.67 bits per heavy atom. The van der Waals surface area contributed by atoms with E-state index >= 15 is 0 Å². The van der Waals surface area contributed by atoms with E-state index in [1.165, 1.54) is 0 Å². The molecule has 0 saturated carbocycles. The van der Waals surface area contributed by atoms with Gasteiger partial charge < -0.3 is 24.4 Å². The summed E-state index contributed by atoms with van der Waals surface area (Å²) in [5, 5.41) is 6.98. The molecule has 1 unspecified atom stereocenters. The summed E-state index contributed by atoms with van der Waals surface area (Å²) in [5.41, 5.74) is 0. The van der Waals surface area contributed by atoms with Gasteiger partial charge in [0, 0.05) is 39.8 Å². The van der Waals surface area contributed by atoms with Crippen molar-refractivity contribution in [2.45, 2.75) is 32.4 Å². The minimum atomic E-state index is -0.241. The van der Waals surface area contributed by atoms with Crippen molar-refractivity contribution in [2.75, 3.05) is 39.8 Å². The normalized spacial score (nSPS) is 22.1. The van der Waals surface area contributed by atoms with E-state index in [9.17, 15) is 4.79 Å². The van der Waals surface area contributed by atoms with Crippen LogP contribution in [-0.4, -0.2) is 77.7 Å². The molecule has 2 saturated heterocycles. The number of nitrogens with one attached hydrogen (secondary N) is 1. The van der Waals surface area contributed by atoms with Gasteiger partial charge in [0.25, 0.3) is 5.91 Å². The zero-order valence-corrected chi connectivity index (χ0v) is 14.2. The molecule has 1 aromatic rings. The fourth-order valence-electron chi connectivity index (χ4n) is 3.01. The standard InChI is InChI=1S/C15H24N6O3/c1-11-18-13(24-19-11)10-17-15(16-2)21-7-5-20(6-8-21)14(22)12-4-3-9-23-12/h12H,3-10H2,1-2H3,(H,16,17). The van der Waals surface area contributed by atoms with Gasteiger partial charge in [-0.05, 0) is 19.8 Å². The Morgan fingerprint density at radius 1 is 1.33 bits per heavy atom. The van der Waals surface area contributed by atoms with Crippen LogP contribution >= 0.6 is 0 Å². The van der Waals surface area contributed by atoms with Crippen molar-refractivity contribution in [3.8, 4) is 0 Å². The smallest absolute Gasteiger partial charge is 0.251 e. The van der Waals surface area contributed by atoms with E-state index < -0.39 is 0 Å². The number of guanidine groups is 1. The van der Waals surface area contributed by atoms with Crippen LogP contribution in [0.5, 0.6) is 0 Å². The van der Waals surface area contributed by atoms with Crippen molar-refractivity contribution >= 4 is 11.9 Å². The lowest BCUT2D eigenvalue weighted by atomic mass is 10.2. The Labute approximate surface area is 141 Å². The number of hydrogen-bond donors (Lipinski definition) is 1. The molecule has 2 aliphatic rings. The molecule has 0 aliphatic carbocycles. The number of carbonyl (C=O) groups excluding carboxylic acids is 1. The fourth-order valence-corrected chi connectivity index (χ4v) is 3.01. The maximum absolute atomic E-state index is 12.4. The van der Waals surface area contributed by atoms with E-state index in [0.717, 1.165) is 31.9 Å². The second kappa shape index (κ2) is 7.61. The van der Waals surface area contributed by atoms with Crippen molar-refractivity contribution in [3.63, 3.8) is 0 Å². The average Bonchev–Trinajstić information content (AvgIpc) is 3.27. The Morgan fingerprint density at radius 2 is 2.08 bits per heavy atom. The Hall–Kier alpha value is -2.16. The summed E-state index contributed by atoms with van der Waals surface area (Å²) in [5.74, 6) is 2.04. The first-order valence-electron chi connectivity index (χ1n) is 8.32. The first kappa shape index (κ1) is 16.7. The quantitative estimate of drug-likeness (QED) is 0.602. The number of ether oxygens (including phenoxy) is 1. The summed E-state index contributed by atoms with van der Waals surface area (Å²) in [6.07, 6.45) is 1.57. The van der Waals surface area contributed by atoms with E-state index in [2.05, 4.69) is 25.3 Å². The van der Waals surface area contributed by atoms with Crippen LogP contribution in [0.3, 0.4) is 0 Å². The van der Waals surface area contributed by atoms with Crippen molar-refractivity contribution in [1.29, 1.82) is 0 Å². The molecule has 9 nitrogen and oxygen atoms in total. The monoisotopic (exact) mass is 336 g/mol. The minimum Gasteiger partial charge on any atom is -0.368 e. The number of aliphatic imine (C=N–C) groups is 1. The van der Waals surface area contributed by atoms with Gasteiger partial charge in [-0.25, -0.2) is 0 Å². The van der Waals surface area contributed by atoms with Crippen LogP contribution in [0.25, 0.3) is 0 Å². The van der Waals surface area contributed by atoms with Crippen LogP contribution in [0, 0.1) is 6.92 Å². The lowest BCUT2D eigenvalue weighted by molar-refractivity contribution is -0.142. The molecule has 0 radical (unpaired) electrons. The van der Waals surface area contributed by atoms with E-state index in [1.54, 1.807) is 14.0 Å². The van der Waals surface area contributed by atoms with E-state index in [-0.39, 0.29) is 12.0 Å². The highest BCUT2D eigenvalue weighted by Crippen LogP contribution is 2.16. The SMILES string of the molecule is CN=C(NCc1nc(C)no1)N1CCN(C(=O)C2CCCO2)CC1. The number of hydrogen-bond acceptors (Lipinski definition) is 6. The van der Waals surface area contributed by atoms with Gasteiger partial charge in [0.05, 0.1) is 6.54 Å². The first-order valence-corrected chi connectivity index (χ1v) is 8.32. The van der Waals surface area contributed by atoms with Crippen molar-refractivity contribution in [2.24, 2.45) is 4.99 Å². The van der Waals surface area contributed by atoms with Gasteiger partial charge in [0.15, 0.2) is 11.8 Å².